The summed E-state index contributed by atoms with van der Waals surface area (Å²) in [7, 11) is 1.85. The molecule has 3 atom stereocenters. The number of anilines is 1. The van der Waals surface area contributed by atoms with Crippen molar-refractivity contribution in [2.45, 2.75) is 68.2 Å². The van der Waals surface area contributed by atoms with E-state index in [-0.39, 0.29) is 28.9 Å². The molecular formula is C26H33FN6O2S3. The monoisotopic (exact) mass is 576 g/mol. The molecule has 0 unspecified atom stereocenters. The van der Waals surface area contributed by atoms with Gasteiger partial charge in [-0.3, -0.25) is 0 Å². The van der Waals surface area contributed by atoms with E-state index >= 15 is 4.39 Å². The van der Waals surface area contributed by atoms with Crippen LogP contribution in [0, 0.1) is 5.41 Å². The zero-order valence-electron chi connectivity index (χ0n) is 21.6. The molecule has 1 fully saturated rings. The van der Waals surface area contributed by atoms with Crippen molar-refractivity contribution in [1.29, 1.82) is 0 Å². The maximum absolute atomic E-state index is 15.8. The van der Waals surface area contributed by atoms with Gasteiger partial charge in [0.25, 0.3) is 0 Å². The second-order valence-electron chi connectivity index (χ2n) is 10.1. The standard InChI is InChI=1S/C26H33FN6O2S3/c1-4-10-25(2)11-6-5-7-19(23(25)27)33(3)21-15-28-24(32-30-21)18-9-8-16(12-20(18)34)17-13-22(31-29-14-17)35-26(36,37)38/h8-9,12-15,19,23,34,36-38H,4-7,10-11H2,1-3H3/t19-,23-,25+/m0/s1. The Bertz CT molecular complexity index is 1250. The van der Waals surface area contributed by atoms with E-state index in [0.29, 0.717) is 22.5 Å². The van der Waals surface area contributed by atoms with E-state index in [1.165, 1.54) is 0 Å². The Labute approximate surface area is 239 Å². The minimum atomic E-state index is -1.32. The lowest BCUT2D eigenvalue weighted by Gasteiger charge is -2.39. The van der Waals surface area contributed by atoms with E-state index in [1.807, 2.05) is 11.9 Å². The molecule has 1 aliphatic carbocycles. The number of hydrogen-bond acceptors (Lipinski definition) is 11. The highest BCUT2D eigenvalue weighted by atomic mass is 32.2. The number of aromatic hydroxyl groups is 1. The second kappa shape index (κ2) is 11.8. The van der Waals surface area contributed by atoms with Crippen molar-refractivity contribution in [3.05, 3.63) is 36.7 Å². The molecule has 204 valence electrons. The summed E-state index contributed by atoms with van der Waals surface area (Å²) < 4.78 is 19.9. The lowest BCUT2D eigenvalue weighted by atomic mass is 9.76. The molecule has 0 spiro atoms. The highest BCUT2D eigenvalue weighted by Crippen LogP contribution is 2.42. The third-order valence-electron chi connectivity index (χ3n) is 7.18. The molecule has 12 heteroatoms. The molecule has 1 saturated carbocycles. The highest BCUT2D eigenvalue weighted by Gasteiger charge is 2.42. The lowest BCUT2D eigenvalue weighted by molar-refractivity contribution is 0.0868. The van der Waals surface area contributed by atoms with Gasteiger partial charge < -0.3 is 14.7 Å². The van der Waals surface area contributed by atoms with Crippen molar-refractivity contribution < 1.29 is 14.2 Å². The number of aromatic nitrogens is 5. The molecule has 4 rings (SSSR count). The first kappa shape index (κ1) is 28.7. The Morgan fingerprint density at radius 3 is 2.58 bits per heavy atom. The first-order valence-electron chi connectivity index (χ1n) is 12.6. The molecule has 0 saturated heterocycles. The molecule has 0 aliphatic heterocycles. The van der Waals surface area contributed by atoms with Crippen molar-refractivity contribution in [3.8, 4) is 34.1 Å². The van der Waals surface area contributed by atoms with Crippen LogP contribution in [-0.2, 0) is 0 Å². The van der Waals surface area contributed by atoms with Crippen molar-refractivity contribution in [2.75, 3.05) is 11.9 Å². The van der Waals surface area contributed by atoms with Crippen LogP contribution in [0.4, 0.5) is 10.2 Å². The van der Waals surface area contributed by atoms with Gasteiger partial charge in [-0.05, 0) is 37.0 Å². The third kappa shape index (κ3) is 6.63. The average molecular weight is 577 g/mol. The van der Waals surface area contributed by atoms with Crippen molar-refractivity contribution in [3.63, 3.8) is 0 Å². The summed E-state index contributed by atoms with van der Waals surface area (Å²) in [5.74, 6) is 0.918. The summed E-state index contributed by atoms with van der Waals surface area (Å²) in [5, 5.41) is 27.1. The van der Waals surface area contributed by atoms with Crippen LogP contribution in [0.3, 0.4) is 0 Å². The first-order valence-corrected chi connectivity index (χ1v) is 13.9. The zero-order chi connectivity index (χ0) is 27.5. The molecule has 1 aliphatic rings. The van der Waals surface area contributed by atoms with Gasteiger partial charge in [0.05, 0.1) is 24.0 Å². The van der Waals surface area contributed by atoms with Gasteiger partial charge in [-0.15, -0.1) is 53.2 Å². The number of alkyl halides is 1. The van der Waals surface area contributed by atoms with Crippen molar-refractivity contribution >= 4 is 43.7 Å². The van der Waals surface area contributed by atoms with Gasteiger partial charge in [-0.25, -0.2) is 9.37 Å². The summed E-state index contributed by atoms with van der Waals surface area (Å²) in [6, 6.07) is 6.42. The molecule has 2 aromatic heterocycles. The van der Waals surface area contributed by atoms with Crippen molar-refractivity contribution in [1.82, 2.24) is 25.4 Å². The van der Waals surface area contributed by atoms with Gasteiger partial charge in [0, 0.05) is 24.1 Å². The van der Waals surface area contributed by atoms with Crippen LogP contribution in [0.5, 0.6) is 11.6 Å². The summed E-state index contributed by atoms with van der Waals surface area (Å²) in [6.45, 7) is 4.17. The number of rotatable bonds is 8. The lowest BCUT2D eigenvalue weighted by Crippen LogP contribution is -2.46. The molecule has 1 N–H and O–H groups in total. The Balaban J connectivity index is 1.53. The molecule has 0 amide bonds. The van der Waals surface area contributed by atoms with Gasteiger partial charge in [0.2, 0.25) is 9.48 Å². The Morgan fingerprint density at radius 2 is 1.92 bits per heavy atom. The molecule has 38 heavy (non-hydrogen) atoms. The van der Waals surface area contributed by atoms with Gasteiger partial charge >= 0.3 is 0 Å². The van der Waals surface area contributed by atoms with Crippen LogP contribution in [0.15, 0.2) is 36.7 Å². The van der Waals surface area contributed by atoms with E-state index in [9.17, 15) is 5.11 Å². The minimum Gasteiger partial charge on any atom is -0.507 e. The summed E-state index contributed by atoms with van der Waals surface area (Å²) >= 11 is 12.3. The van der Waals surface area contributed by atoms with Crippen molar-refractivity contribution in [2.24, 2.45) is 5.41 Å². The zero-order valence-corrected chi connectivity index (χ0v) is 24.3. The summed E-state index contributed by atoms with van der Waals surface area (Å²) in [5.41, 5.74) is 1.41. The van der Waals surface area contributed by atoms with E-state index < -0.39 is 9.77 Å². The molecule has 0 radical (unpaired) electrons. The second-order valence-corrected chi connectivity index (χ2v) is 13.0. The number of benzene rings is 1. The predicted octanol–water partition coefficient (Wildman–Crippen LogP) is 6.00. The fraction of sp³-hybridized carbons (Fsp3) is 0.500. The number of hydrogen-bond donors (Lipinski definition) is 4. The van der Waals surface area contributed by atoms with E-state index in [4.69, 9.17) is 4.74 Å². The van der Waals surface area contributed by atoms with Crippen LogP contribution in [0.1, 0.15) is 52.4 Å². The van der Waals surface area contributed by atoms with Gasteiger partial charge in [-0.2, -0.15) is 5.10 Å². The van der Waals surface area contributed by atoms with E-state index in [2.05, 4.69) is 77.1 Å². The molecule has 3 aromatic rings. The molecule has 0 bridgehead atoms. The smallest absolute Gasteiger partial charge is 0.243 e. The molecule has 1 aromatic carbocycles. The van der Waals surface area contributed by atoms with Gasteiger partial charge in [0.1, 0.15) is 11.9 Å². The number of phenolic OH excluding ortho intramolecular Hbond substituents is 1. The normalized spacial score (nSPS) is 22.1. The first-order chi connectivity index (χ1) is 18.0. The Morgan fingerprint density at radius 1 is 1.13 bits per heavy atom. The molecule has 2 heterocycles. The molecular weight excluding hydrogens is 544 g/mol. The van der Waals surface area contributed by atoms with Crippen LogP contribution in [-0.4, -0.2) is 53.3 Å². The SMILES string of the molecule is CCC[C@]1(C)CCCC[C@H](N(C)c2cnc(-c3ccc(-c4cnnc(OC(S)(S)S)c4)cc3O)nn2)[C@@H]1F. The number of halogens is 1. The van der Waals surface area contributed by atoms with Crippen LogP contribution < -0.4 is 9.64 Å². The minimum absolute atomic E-state index is 0.0282. The largest absolute Gasteiger partial charge is 0.507 e. The summed E-state index contributed by atoms with van der Waals surface area (Å²) in [6.07, 6.45) is 7.65. The highest BCUT2D eigenvalue weighted by molar-refractivity contribution is 8.16. The van der Waals surface area contributed by atoms with Crippen LogP contribution in [0.2, 0.25) is 0 Å². The van der Waals surface area contributed by atoms with Gasteiger partial charge in [0.15, 0.2) is 11.6 Å². The number of ether oxygens (including phenoxy) is 1. The predicted molar refractivity (Wildman–Crippen MR) is 157 cm³/mol. The number of phenols is 1. The van der Waals surface area contributed by atoms with Crippen LogP contribution in [0.25, 0.3) is 22.5 Å². The maximum atomic E-state index is 15.8. The third-order valence-corrected chi connectivity index (χ3v) is 7.45. The fourth-order valence-electron chi connectivity index (χ4n) is 5.17. The fourth-order valence-corrected chi connectivity index (χ4v) is 5.46. The Hall–Kier alpha value is -2.31. The number of thiol groups is 3. The number of nitrogens with zero attached hydrogens (tertiary/aromatic N) is 6. The Kier molecular flexibility index (Phi) is 8.93. The topological polar surface area (TPSA) is 97.2 Å². The summed E-state index contributed by atoms with van der Waals surface area (Å²) in [4.78, 5) is 6.30. The average Bonchev–Trinajstić information content (AvgIpc) is 3.01. The maximum Gasteiger partial charge on any atom is 0.243 e. The van der Waals surface area contributed by atoms with E-state index in [0.717, 1.165) is 38.5 Å². The molecule has 8 nitrogen and oxygen atoms in total. The van der Waals surface area contributed by atoms with Crippen LogP contribution >= 0.6 is 37.9 Å². The van der Waals surface area contributed by atoms with E-state index in [1.54, 1.807) is 36.7 Å². The quantitative estimate of drug-likeness (QED) is 0.147. The van der Waals surface area contributed by atoms with Gasteiger partial charge in [-0.1, -0.05) is 39.2 Å².